The van der Waals surface area contributed by atoms with Crippen LogP contribution in [0.5, 0.6) is 5.75 Å². The second-order valence-corrected chi connectivity index (χ2v) is 6.30. The molecule has 1 aromatic heterocycles. The van der Waals surface area contributed by atoms with Crippen LogP contribution < -0.4 is 10.1 Å². The first-order chi connectivity index (χ1) is 8.42. The largest absolute Gasteiger partial charge is 0.493 e. The van der Waals surface area contributed by atoms with Crippen LogP contribution in [0.2, 0.25) is 0 Å². The van der Waals surface area contributed by atoms with Crippen LogP contribution in [0, 0.1) is 0 Å². The Balaban J connectivity index is 3.15. The number of ether oxygens (including phenoxy) is 1. The molecule has 0 aromatic carbocycles. The van der Waals surface area contributed by atoms with Crippen molar-refractivity contribution < 1.29 is 13.2 Å². The van der Waals surface area contributed by atoms with Gasteiger partial charge in [-0.05, 0) is 13.5 Å². The van der Waals surface area contributed by atoms with Gasteiger partial charge in [0.05, 0.1) is 30.8 Å². The molecule has 1 heterocycles. The van der Waals surface area contributed by atoms with Gasteiger partial charge < -0.3 is 10.1 Å². The van der Waals surface area contributed by atoms with E-state index < -0.39 is 9.84 Å². The molecule has 1 N–H and O–H groups in total. The van der Waals surface area contributed by atoms with Crippen molar-refractivity contribution in [3.63, 3.8) is 0 Å². The first-order valence-corrected chi connectivity index (χ1v) is 7.99. The number of aromatic nitrogens is 2. The van der Waals surface area contributed by atoms with Crippen molar-refractivity contribution in [3.8, 4) is 5.75 Å². The van der Waals surface area contributed by atoms with E-state index in [1.807, 2.05) is 13.8 Å². The summed E-state index contributed by atoms with van der Waals surface area (Å²) in [6, 6.07) is -0.303. The molecule has 0 saturated heterocycles. The maximum absolute atomic E-state index is 11.5. The molecule has 1 atom stereocenters. The third-order valence-electron chi connectivity index (χ3n) is 2.61. The van der Waals surface area contributed by atoms with E-state index in [2.05, 4.69) is 10.4 Å². The second-order valence-electron chi connectivity index (χ2n) is 4.12. The van der Waals surface area contributed by atoms with Crippen molar-refractivity contribution in [2.24, 2.45) is 0 Å². The predicted octanol–water partition coefficient (Wildman–Crippen LogP) is 0.607. The summed E-state index contributed by atoms with van der Waals surface area (Å²) in [5, 5.41) is 7.37. The molecule has 1 rings (SSSR count). The van der Waals surface area contributed by atoms with Gasteiger partial charge in [0, 0.05) is 12.8 Å². The number of hydrogen-bond donors (Lipinski definition) is 1. The van der Waals surface area contributed by atoms with Crippen LogP contribution in [-0.4, -0.2) is 43.9 Å². The topological polar surface area (TPSA) is 73.2 Å². The van der Waals surface area contributed by atoms with E-state index in [4.69, 9.17) is 4.74 Å². The van der Waals surface area contributed by atoms with Crippen molar-refractivity contribution in [2.45, 2.75) is 26.4 Å². The van der Waals surface area contributed by atoms with Crippen molar-refractivity contribution >= 4 is 9.84 Å². The molecule has 0 spiro atoms. The minimum absolute atomic E-state index is 0.0306. The first kappa shape index (κ1) is 15.0. The number of sulfone groups is 1. The molecule has 0 saturated carbocycles. The van der Waals surface area contributed by atoms with Crippen molar-refractivity contribution in [2.75, 3.05) is 25.7 Å². The highest BCUT2D eigenvalue weighted by molar-refractivity contribution is 7.90. The van der Waals surface area contributed by atoms with Gasteiger partial charge in [0.2, 0.25) is 0 Å². The van der Waals surface area contributed by atoms with Gasteiger partial charge in [-0.25, -0.2) is 8.42 Å². The van der Waals surface area contributed by atoms with E-state index in [0.29, 0.717) is 18.8 Å². The highest BCUT2D eigenvalue weighted by Gasteiger charge is 2.24. The number of nitrogens with one attached hydrogen (secondary N) is 1. The van der Waals surface area contributed by atoms with E-state index in [1.165, 1.54) is 6.26 Å². The lowest BCUT2D eigenvalue weighted by molar-refractivity contribution is 0.396. The molecular formula is C11H21N3O3S. The standard InChI is InChI=1S/C11H21N3O3S/c1-5-12-9(8-18(4,15)16)11-10(17-3)7-13-14(11)6-2/h7,9,12H,5-6,8H2,1-4H3. The lowest BCUT2D eigenvalue weighted by Gasteiger charge is -2.19. The van der Waals surface area contributed by atoms with Crippen LogP contribution >= 0.6 is 0 Å². The van der Waals surface area contributed by atoms with Crippen LogP contribution in [-0.2, 0) is 16.4 Å². The number of rotatable bonds is 7. The van der Waals surface area contributed by atoms with Crippen LogP contribution in [0.15, 0.2) is 6.20 Å². The fourth-order valence-corrected chi connectivity index (χ4v) is 2.80. The minimum atomic E-state index is -3.08. The molecule has 6 nitrogen and oxygen atoms in total. The van der Waals surface area contributed by atoms with Gasteiger partial charge in [0.15, 0.2) is 5.75 Å². The number of nitrogens with zero attached hydrogens (tertiary/aromatic N) is 2. The van der Waals surface area contributed by atoms with E-state index in [9.17, 15) is 8.42 Å². The first-order valence-electron chi connectivity index (χ1n) is 5.93. The molecule has 0 bridgehead atoms. The average molecular weight is 275 g/mol. The average Bonchev–Trinajstić information content (AvgIpc) is 2.69. The molecule has 0 fully saturated rings. The summed E-state index contributed by atoms with van der Waals surface area (Å²) >= 11 is 0. The van der Waals surface area contributed by atoms with Gasteiger partial charge in [-0.3, -0.25) is 4.68 Å². The third-order valence-corrected chi connectivity index (χ3v) is 3.55. The van der Waals surface area contributed by atoms with Gasteiger partial charge in [0.25, 0.3) is 0 Å². The summed E-state index contributed by atoms with van der Waals surface area (Å²) in [6.07, 6.45) is 2.85. The SMILES string of the molecule is CCNC(CS(C)(=O)=O)c1c(OC)cnn1CC. The lowest BCUT2D eigenvalue weighted by atomic mass is 10.2. The number of methoxy groups -OCH3 is 1. The Morgan fingerprint density at radius 1 is 1.50 bits per heavy atom. The summed E-state index contributed by atoms with van der Waals surface area (Å²) in [7, 11) is -1.52. The maximum Gasteiger partial charge on any atom is 0.161 e. The number of hydrogen-bond acceptors (Lipinski definition) is 5. The predicted molar refractivity (Wildman–Crippen MR) is 70.6 cm³/mol. The van der Waals surface area contributed by atoms with Crippen molar-refractivity contribution in [3.05, 3.63) is 11.9 Å². The van der Waals surface area contributed by atoms with Gasteiger partial charge in [-0.2, -0.15) is 5.10 Å². The minimum Gasteiger partial charge on any atom is -0.493 e. The highest BCUT2D eigenvalue weighted by atomic mass is 32.2. The molecular weight excluding hydrogens is 254 g/mol. The van der Waals surface area contributed by atoms with Gasteiger partial charge in [0.1, 0.15) is 9.84 Å². The van der Waals surface area contributed by atoms with E-state index in [-0.39, 0.29) is 11.8 Å². The van der Waals surface area contributed by atoms with Crippen molar-refractivity contribution in [1.29, 1.82) is 0 Å². The van der Waals surface area contributed by atoms with Gasteiger partial charge >= 0.3 is 0 Å². The second kappa shape index (κ2) is 6.19. The zero-order chi connectivity index (χ0) is 13.8. The van der Waals surface area contributed by atoms with Crippen LogP contribution in [0.1, 0.15) is 25.6 Å². The lowest BCUT2D eigenvalue weighted by Crippen LogP contribution is -2.30. The molecule has 0 aliphatic carbocycles. The summed E-state index contributed by atoms with van der Waals surface area (Å²) < 4.78 is 30.0. The highest BCUT2D eigenvalue weighted by Crippen LogP contribution is 2.25. The Bertz CT molecular complexity index is 460. The van der Waals surface area contributed by atoms with Gasteiger partial charge in [-0.15, -0.1) is 0 Å². The molecule has 1 aromatic rings. The Hall–Kier alpha value is -1.08. The Morgan fingerprint density at radius 2 is 2.17 bits per heavy atom. The van der Waals surface area contributed by atoms with Crippen molar-refractivity contribution in [1.82, 2.24) is 15.1 Å². The fourth-order valence-electron chi connectivity index (χ4n) is 1.92. The fraction of sp³-hybridized carbons (Fsp3) is 0.727. The molecule has 18 heavy (non-hydrogen) atoms. The Labute approximate surface area is 108 Å². The summed E-state index contributed by atoms with van der Waals surface area (Å²) in [4.78, 5) is 0. The van der Waals surface area contributed by atoms with E-state index in [1.54, 1.807) is 18.0 Å². The summed E-state index contributed by atoms with van der Waals surface area (Å²) in [5.41, 5.74) is 0.785. The van der Waals surface area contributed by atoms with Crippen LogP contribution in [0.3, 0.4) is 0 Å². The quantitative estimate of drug-likeness (QED) is 0.789. The van der Waals surface area contributed by atoms with Gasteiger partial charge in [-0.1, -0.05) is 6.92 Å². The molecule has 0 aliphatic rings. The number of aryl methyl sites for hydroxylation is 1. The van der Waals surface area contributed by atoms with E-state index >= 15 is 0 Å². The Morgan fingerprint density at radius 3 is 2.61 bits per heavy atom. The molecule has 1 unspecified atom stereocenters. The smallest absolute Gasteiger partial charge is 0.161 e. The monoisotopic (exact) mass is 275 g/mol. The molecule has 0 radical (unpaired) electrons. The van der Waals surface area contributed by atoms with E-state index in [0.717, 1.165) is 5.69 Å². The molecule has 7 heteroatoms. The van der Waals surface area contributed by atoms with Crippen LogP contribution in [0.4, 0.5) is 0 Å². The molecule has 104 valence electrons. The Kier molecular flexibility index (Phi) is 5.15. The normalized spacial score (nSPS) is 13.6. The summed E-state index contributed by atoms with van der Waals surface area (Å²) in [5.74, 6) is 0.648. The third kappa shape index (κ3) is 3.71. The zero-order valence-electron chi connectivity index (χ0n) is 11.3. The molecule has 0 amide bonds. The van der Waals surface area contributed by atoms with Crippen LogP contribution in [0.25, 0.3) is 0 Å². The summed E-state index contributed by atoms with van der Waals surface area (Å²) in [6.45, 7) is 5.25. The zero-order valence-corrected chi connectivity index (χ0v) is 12.1. The maximum atomic E-state index is 11.5. The molecule has 0 aliphatic heterocycles.